The van der Waals surface area contributed by atoms with Gasteiger partial charge in [0.2, 0.25) is 6.10 Å². The Kier molecular flexibility index (Phi) is 11.4. The van der Waals surface area contributed by atoms with Gasteiger partial charge in [0.1, 0.15) is 0 Å². The number of rotatable bonds is 0. The molecule has 0 aromatic heterocycles. The monoisotopic (exact) mass is 366 g/mol. The summed E-state index contributed by atoms with van der Waals surface area (Å²) in [6, 6.07) is 0. The SMILES string of the molecule is ClCCl.O=C(O)C(F)(F)F.OC(C(F)(F)F)C(F)(F)F. The average molecular weight is 367 g/mol. The summed E-state index contributed by atoms with van der Waals surface area (Å²) in [5.41, 5.74) is 0. The maximum atomic E-state index is 11.0. The first-order valence-electron chi connectivity index (χ1n) is 3.75. The van der Waals surface area contributed by atoms with Crippen molar-refractivity contribution in [1.29, 1.82) is 0 Å². The molecule has 0 aromatic rings. The van der Waals surface area contributed by atoms with Gasteiger partial charge in [-0.1, -0.05) is 0 Å². The molecule has 20 heavy (non-hydrogen) atoms. The van der Waals surface area contributed by atoms with Crippen molar-refractivity contribution < 1.29 is 54.5 Å². The lowest BCUT2D eigenvalue weighted by molar-refractivity contribution is -0.308. The summed E-state index contributed by atoms with van der Waals surface area (Å²) in [5.74, 6) is -2.76. The van der Waals surface area contributed by atoms with Crippen LogP contribution in [0.25, 0.3) is 0 Å². The highest BCUT2D eigenvalue weighted by atomic mass is 35.5. The number of hydrogen-bond donors (Lipinski definition) is 2. The lowest BCUT2D eigenvalue weighted by Gasteiger charge is -2.16. The van der Waals surface area contributed by atoms with E-state index in [-0.39, 0.29) is 5.34 Å². The highest BCUT2D eigenvalue weighted by molar-refractivity contribution is 6.40. The third-order valence-electron chi connectivity index (χ3n) is 0.863. The van der Waals surface area contributed by atoms with Crippen molar-refractivity contribution in [3.05, 3.63) is 0 Å². The molecule has 0 amide bonds. The van der Waals surface area contributed by atoms with Crippen LogP contribution in [0.2, 0.25) is 0 Å². The van der Waals surface area contributed by atoms with E-state index in [1.54, 1.807) is 0 Å². The first kappa shape index (κ1) is 24.4. The Labute approximate surface area is 114 Å². The number of carboxylic acid groups (broad SMARTS) is 1. The third kappa shape index (κ3) is 15.4. The Hall–Kier alpha value is -0.620. The molecule has 14 heteroatoms. The molecule has 0 rings (SSSR count). The van der Waals surface area contributed by atoms with Crippen LogP contribution >= 0.6 is 23.2 Å². The van der Waals surface area contributed by atoms with E-state index in [4.69, 9.17) is 38.2 Å². The minimum Gasteiger partial charge on any atom is -0.475 e. The first-order chi connectivity index (χ1) is 8.51. The van der Waals surface area contributed by atoms with E-state index in [0.29, 0.717) is 0 Å². The quantitative estimate of drug-likeness (QED) is 0.509. The number of halogens is 11. The number of aliphatic carboxylic acids is 1. The van der Waals surface area contributed by atoms with Gasteiger partial charge >= 0.3 is 24.5 Å². The molecular formula is C6H5Cl2F9O3. The Morgan fingerprint density at radius 3 is 1.05 bits per heavy atom. The van der Waals surface area contributed by atoms with Gasteiger partial charge in [-0.2, -0.15) is 39.5 Å². The molecule has 0 aliphatic carbocycles. The summed E-state index contributed by atoms with van der Waals surface area (Å²) in [6.45, 7) is 0. The average Bonchev–Trinajstić information content (AvgIpc) is 2.14. The molecule has 0 heterocycles. The molecule has 3 nitrogen and oxygen atoms in total. The largest absolute Gasteiger partial charge is 0.490 e. The normalized spacial score (nSPS) is 12.1. The van der Waals surface area contributed by atoms with Gasteiger partial charge in [-0.15, -0.1) is 23.2 Å². The lowest BCUT2D eigenvalue weighted by atomic mass is 10.3. The number of aliphatic hydroxyl groups is 1. The molecule has 2 N–H and O–H groups in total. The standard InChI is InChI=1S/C3H2F6O.C2HF3O2.CH2Cl2/c4-2(5,6)1(10)3(7,8)9;3-2(4,5)1(6)7;2-1-3/h1,10H;(H,6,7);1H2. The maximum absolute atomic E-state index is 11.0. The van der Waals surface area contributed by atoms with Crippen molar-refractivity contribution in [3.63, 3.8) is 0 Å². The summed E-state index contributed by atoms with van der Waals surface area (Å²) >= 11 is 9.53. The molecule has 0 aliphatic rings. The van der Waals surface area contributed by atoms with Gasteiger partial charge in [-0.3, -0.25) is 0 Å². The van der Waals surface area contributed by atoms with Crippen molar-refractivity contribution in [1.82, 2.24) is 0 Å². The van der Waals surface area contributed by atoms with E-state index < -0.39 is 30.6 Å². The minimum absolute atomic E-state index is 0.194. The third-order valence-corrected chi connectivity index (χ3v) is 0.863. The van der Waals surface area contributed by atoms with Crippen molar-refractivity contribution in [2.75, 3.05) is 5.34 Å². The fraction of sp³-hybridized carbons (Fsp3) is 0.833. The molecule has 0 radical (unpaired) electrons. The Bertz CT molecular complexity index is 258. The second-order valence-corrected chi connectivity index (χ2v) is 3.20. The molecular weight excluding hydrogens is 362 g/mol. The van der Waals surface area contributed by atoms with Crippen molar-refractivity contribution in [2.45, 2.75) is 24.6 Å². The van der Waals surface area contributed by atoms with E-state index in [0.717, 1.165) is 0 Å². The Morgan fingerprint density at radius 2 is 1.05 bits per heavy atom. The summed E-state index contributed by atoms with van der Waals surface area (Å²) in [5, 5.41) is 14.8. The zero-order chi connectivity index (χ0) is 17.4. The molecule has 0 fully saturated rings. The van der Waals surface area contributed by atoms with Crippen LogP contribution in [0.4, 0.5) is 39.5 Å². The van der Waals surface area contributed by atoms with Crippen LogP contribution in [0.15, 0.2) is 0 Å². The van der Waals surface area contributed by atoms with Gasteiger partial charge in [0, 0.05) is 0 Å². The highest BCUT2D eigenvalue weighted by Crippen LogP contribution is 2.32. The number of carboxylic acids is 1. The maximum Gasteiger partial charge on any atom is 0.490 e. The molecule has 0 aromatic carbocycles. The number of carbonyl (C=O) groups is 1. The fourth-order valence-corrected chi connectivity index (χ4v) is 0.186. The predicted molar refractivity (Wildman–Crippen MR) is 48.4 cm³/mol. The molecule has 0 spiro atoms. The summed E-state index contributed by atoms with van der Waals surface area (Å²) in [6.07, 6.45) is -20.6. The molecule has 0 saturated carbocycles. The Morgan fingerprint density at radius 1 is 0.900 bits per heavy atom. The van der Waals surface area contributed by atoms with E-state index in [2.05, 4.69) is 0 Å². The number of hydrogen-bond acceptors (Lipinski definition) is 2. The van der Waals surface area contributed by atoms with Crippen molar-refractivity contribution in [2.24, 2.45) is 0 Å². The lowest BCUT2D eigenvalue weighted by Crippen LogP contribution is -2.41. The molecule has 0 bridgehead atoms. The van der Waals surface area contributed by atoms with Crippen LogP contribution in [0.3, 0.4) is 0 Å². The Balaban J connectivity index is -0.000000251. The summed E-state index contributed by atoms with van der Waals surface area (Å²) < 4.78 is 97.6. The predicted octanol–water partition coefficient (Wildman–Crippen LogP) is 3.53. The van der Waals surface area contributed by atoms with Gasteiger partial charge in [-0.25, -0.2) is 4.79 Å². The van der Waals surface area contributed by atoms with Crippen LogP contribution in [0.5, 0.6) is 0 Å². The van der Waals surface area contributed by atoms with Gasteiger partial charge in [0.15, 0.2) is 0 Å². The van der Waals surface area contributed by atoms with E-state index in [9.17, 15) is 39.5 Å². The fourth-order valence-electron chi connectivity index (χ4n) is 0.186. The summed E-state index contributed by atoms with van der Waals surface area (Å²) in [4.78, 5) is 8.90. The highest BCUT2D eigenvalue weighted by Gasteiger charge is 2.55. The van der Waals surface area contributed by atoms with Gasteiger partial charge in [-0.05, 0) is 0 Å². The molecule has 0 aliphatic heterocycles. The molecule has 0 saturated heterocycles. The van der Waals surface area contributed by atoms with Gasteiger partial charge < -0.3 is 10.2 Å². The second-order valence-electron chi connectivity index (χ2n) is 2.39. The van der Waals surface area contributed by atoms with Crippen LogP contribution in [0.1, 0.15) is 0 Å². The molecule has 124 valence electrons. The first-order valence-corrected chi connectivity index (χ1v) is 4.82. The van der Waals surface area contributed by atoms with Crippen LogP contribution in [0, 0.1) is 0 Å². The zero-order valence-corrected chi connectivity index (χ0v) is 10.3. The second kappa shape index (κ2) is 9.34. The van der Waals surface area contributed by atoms with Crippen molar-refractivity contribution in [3.8, 4) is 0 Å². The summed E-state index contributed by atoms with van der Waals surface area (Å²) in [7, 11) is 0. The van der Waals surface area contributed by atoms with Crippen LogP contribution < -0.4 is 0 Å². The van der Waals surface area contributed by atoms with Crippen molar-refractivity contribution >= 4 is 29.2 Å². The smallest absolute Gasteiger partial charge is 0.475 e. The minimum atomic E-state index is -5.63. The van der Waals surface area contributed by atoms with Gasteiger partial charge in [0.25, 0.3) is 0 Å². The number of alkyl halides is 11. The molecule has 0 atom stereocenters. The van der Waals surface area contributed by atoms with Crippen LogP contribution in [-0.2, 0) is 4.79 Å². The topological polar surface area (TPSA) is 57.5 Å². The number of aliphatic hydroxyl groups excluding tert-OH is 1. The molecule has 0 unspecified atom stereocenters. The van der Waals surface area contributed by atoms with E-state index in [1.807, 2.05) is 0 Å². The van der Waals surface area contributed by atoms with Gasteiger partial charge in [0.05, 0.1) is 5.34 Å². The van der Waals surface area contributed by atoms with Crippen LogP contribution in [-0.4, -0.2) is 46.2 Å². The van der Waals surface area contributed by atoms with E-state index in [1.165, 1.54) is 0 Å². The zero-order valence-electron chi connectivity index (χ0n) is 8.74. The van der Waals surface area contributed by atoms with E-state index >= 15 is 0 Å².